The number of nitrogens with one attached hydrogen (secondary N) is 3. The van der Waals surface area contributed by atoms with Crippen molar-refractivity contribution in [3.63, 3.8) is 0 Å². The maximum atomic E-state index is 14.0. The van der Waals surface area contributed by atoms with Gasteiger partial charge in [-0.2, -0.15) is 14.6 Å². The molecule has 6 rings (SSSR count). The number of carbonyl (C=O) groups is 2. The molecule has 3 aromatic heterocycles. The Kier molecular flexibility index (Phi) is 8.15. The number of fused-ring (bicyclic) bond motifs is 1. The van der Waals surface area contributed by atoms with Crippen LogP contribution in [0.15, 0.2) is 54.9 Å². The van der Waals surface area contributed by atoms with E-state index in [0.717, 1.165) is 6.07 Å². The number of halogens is 2. The highest BCUT2D eigenvalue weighted by atomic mass is 19.2. The first-order chi connectivity index (χ1) is 21.3. The molecule has 2 aliphatic rings. The van der Waals surface area contributed by atoms with Gasteiger partial charge in [-0.25, -0.2) is 23.8 Å². The van der Waals surface area contributed by atoms with E-state index in [0.29, 0.717) is 53.0 Å². The van der Waals surface area contributed by atoms with Gasteiger partial charge in [0.05, 0.1) is 24.0 Å². The number of nitrogens with zero attached hydrogens (tertiary/aromatic N) is 5. The molecule has 228 valence electrons. The number of hydroxylamine groups is 2. The molecule has 2 atom stereocenters. The van der Waals surface area contributed by atoms with E-state index in [1.165, 1.54) is 6.20 Å². The Bertz CT molecular complexity index is 1700. The van der Waals surface area contributed by atoms with Crippen molar-refractivity contribution in [1.29, 1.82) is 0 Å². The topological polar surface area (TPSA) is 145 Å². The van der Waals surface area contributed by atoms with E-state index in [1.807, 2.05) is 30.3 Å². The predicted octanol–water partition coefficient (Wildman–Crippen LogP) is 3.37. The van der Waals surface area contributed by atoms with Crippen LogP contribution in [0.3, 0.4) is 0 Å². The van der Waals surface area contributed by atoms with Crippen LogP contribution < -0.4 is 20.7 Å². The molecule has 0 spiro atoms. The van der Waals surface area contributed by atoms with Crippen molar-refractivity contribution in [2.45, 2.75) is 19.1 Å². The molecule has 0 bridgehead atoms. The van der Waals surface area contributed by atoms with Crippen LogP contribution in [0.4, 0.5) is 25.2 Å². The lowest BCUT2D eigenvalue weighted by atomic mass is 10.0. The number of hydrogen-bond acceptors (Lipinski definition) is 9. The minimum absolute atomic E-state index is 0.127. The zero-order valence-corrected chi connectivity index (χ0v) is 23.7. The number of anilines is 2. The molecular formula is C29H28F2N8O5. The maximum Gasteiger partial charge on any atom is 0.320 e. The second kappa shape index (κ2) is 12.3. The molecule has 0 aliphatic carbocycles. The fourth-order valence-corrected chi connectivity index (χ4v) is 5.01. The van der Waals surface area contributed by atoms with Gasteiger partial charge in [-0.05, 0) is 31.2 Å². The zero-order valence-electron chi connectivity index (χ0n) is 23.7. The van der Waals surface area contributed by atoms with Crippen LogP contribution in [-0.2, 0) is 14.4 Å². The monoisotopic (exact) mass is 606 g/mol. The van der Waals surface area contributed by atoms with Crippen molar-refractivity contribution >= 4 is 23.6 Å². The largest absolute Gasteiger partial charge is 0.480 e. The van der Waals surface area contributed by atoms with E-state index in [2.05, 4.69) is 25.9 Å². The number of rotatable bonds is 8. The van der Waals surface area contributed by atoms with Gasteiger partial charge in [-0.3, -0.25) is 14.9 Å². The van der Waals surface area contributed by atoms with Gasteiger partial charge in [0.1, 0.15) is 11.9 Å². The normalized spacial score (nSPS) is 18.0. The summed E-state index contributed by atoms with van der Waals surface area (Å²) in [5.74, 6) is -1.54. The molecule has 0 radical (unpaired) electrons. The molecule has 3 N–H and O–H groups in total. The lowest BCUT2D eigenvalue weighted by molar-refractivity contribution is -0.154. The molecule has 1 fully saturated rings. The van der Waals surface area contributed by atoms with Crippen LogP contribution in [0.1, 0.15) is 17.2 Å². The third-order valence-electron chi connectivity index (χ3n) is 7.13. The number of hydrogen-bond donors (Lipinski definition) is 3. The average Bonchev–Trinajstić information content (AvgIpc) is 3.57. The molecule has 2 aliphatic heterocycles. The lowest BCUT2D eigenvalue weighted by Crippen LogP contribution is -2.42. The van der Waals surface area contributed by atoms with Crippen molar-refractivity contribution in [2.24, 2.45) is 0 Å². The summed E-state index contributed by atoms with van der Waals surface area (Å²) in [5.41, 5.74) is 2.73. The maximum absolute atomic E-state index is 14.0. The first-order valence-corrected chi connectivity index (χ1v) is 13.7. The standard InChI is InChI=1S/C29H28F2N8O5/c1-16-24(17-11-22-27(33-12-17)35-23(40)15-43-22)37-39(19-6-4-3-5-7-19)28(16)36-29(41)34-21-14-38(8-9-42-2)44-25(21)18-10-20(30)26(31)32-13-18/h3-7,10-13,21,25H,8-9,14-15H2,1-2H3,(H,33,35,40)(H2,34,36,41)/t21-,25+/m1/s1. The highest BCUT2D eigenvalue weighted by Crippen LogP contribution is 2.35. The molecule has 15 heteroatoms. The van der Waals surface area contributed by atoms with Gasteiger partial charge >= 0.3 is 6.03 Å². The van der Waals surface area contributed by atoms with Crippen LogP contribution in [0.5, 0.6) is 5.75 Å². The quantitative estimate of drug-likeness (QED) is 0.257. The summed E-state index contributed by atoms with van der Waals surface area (Å²) in [6, 6.07) is 10.7. The molecule has 5 heterocycles. The first kappa shape index (κ1) is 29.1. The SMILES string of the molecule is COCCN1C[C@@H](NC(=O)Nc2c(C)c(-c3cnc4c(c3)OCC(=O)N4)nn2-c2ccccc2)[C@H](c2cnc(F)c(F)c2)O1. The molecular weight excluding hydrogens is 578 g/mol. The van der Waals surface area contributed by atoms with E-state index in [4.69, 9.17) is 19.4 Å². The highest BCUT2D eigenvalue weighted by molar-refractivity contribution is 5.95. The minimum atomic E-state index is -1.23. The van der Waals surface area contributed by atoms with E-state index >= 15 is 0 Å². The number of aromatic nitrogens is 4. The van der Waals surface area contributed by atoms with Crippen molar-refractivity contribution < 1.29 is 32.7 Å². The number of para-hydroxylation sites is 1. The number of urea groups is 1. The van der Waals surface area contributed by atoms with E-state index in [9.17, 15) is 18.4 Å². The number of methoxy groups -OCH3 is 1. The Balaban J connectivity index is 1.29. The predicted molar refractivity (Wildman–Crippen MR) is 153 cm³/mol. The third kappa shape index (κ3) is 5.92. The molecule has 4 aromatic rings. The summed E-state index contributed by atoms with van der Waals surface area (Å²) < 4.78 is 39.9. The zero-order chi connectivity index (χ0) is 30.8. The van der Waals surface area contributed by atoms with Crippen LogP contribution in [0, 0.1) is 18.7 Å². The summed E-state index contributed by atoms with van der Waals surface area (Å²) in [6.45, 7) is 2.67. The summed E-state index contributed by atoms with van der Waals surface area (Å²) in [4.78, 5) is 38.9. The number of carbonyl (C=O) groups excluding carboxylic acids is 2. The second-order valence-corrected chi connectivity index (χ2v) is 10.1. The van der Waals surface area contributed by atoms with Crippen molar-refractivity contribution in [3.8, 4) is 22.7 Å². The fourth-order valence-electron chi connectivity index (χ4n) is 5.01. The Morgan fingerprint density at radius 3 is 2.77 bits per heavy atom. The first-order valence-electron chi connectivity index (χ1n) is 13.7. The van der Waals surface area contributed by atoms with Gasteiger partial charge in [-0.15, -0.1) is 0 Å². The molecule has 44 heavy (non-hydrogen) atoms. The Labute approximate surface area is 250 Å². The molecule has 0 saturated carbocycles. The van der Waals surface area contributed by atoms with Crippen molar-refractivity contribution in [3.05, 3.63) is 77.8 Å². The molecule has 1 saturated heterocycles. The van der Waals surface area contributed by atoms with E-state index in [-0.39, 0.29) is 24.6 Å². The third-order valence-corrected chi connectivity index (χ3v) is 7.13. The Hall–Kier alpha value is -4.99. The lowest BCUT2D eigenvalue weighted by Gasteiger charge is -2.19. The van der Waals surface area contributed by atoms with Gasteiger partial charge in [0, 0.05) is 49.3 Å². The number of pyridine rings is 2. The smallest absolute Gasteiger partial charge is 0.320 e. The Morgan fingerprint density at radius 1 is 1.18 bits per heavy atom. The van der Waals surface area contributed by atoms with Gasteiger partial charge in [0.25, 0.3) is 5.91 Å². The average molecular weight is 607 g/mol. The summed E-state index contributed by atoms with van der Waals surface area (Å²) >= 11 is 0. The second-order valence-electron chi connectivity index (χ2n) is 10.1. The number of benzene rings is 1. The molecule has 1 aromatic carbocycles. The fraction of sp³-hybridized carbons (Fsp3) is 0.276. The van der Waals surface area contributed by atoms with Crippen LogP contribution >= 0.6 is 0 Å². The Morgan fingerprint density at radius 2 is 2.00 bits per heavy atom. The van der Waals surface area contributed by atoms with Gasteiger partial charge < -0.3 is 20.1 Å². The van der Waals surface area contributed by atoms with Gasteiger partial charge in [-0.1, -0.05) is 18.2 Å². The summed E-state index contributed by atoms with van der Waals surface area (Å²) in [6.07, 6.45) is 1.91. The molecule has 13 nitrogen and oxygen atoms in total. The van der Waals surface area contributed by atoms with E-state index < -0.39 is 29.9 Å². The molecule has 0 unspecified atom stereocenters. The van der Waals surface area contributed by atoms with Gasteiger partial charge in [0.15, 0.2) is 24.0 Å². The van der Waals surface area contributed by atoms with E-state index in [1.54, 1.807) is 36.0 Å². The number of amides is 3. The van der Waals surface area contributed by atoms with Crippen LogP contribution in [0.2, 0.25) is 0 Å². The van der Waals surface area contributed by atoms with Gasteiger partial charge in [0.2, 0.25) is 5.95 Å². The summed E-state index contributed by atoms with van der Waals surface area (Å²) in [7, 11) is 1.55. The summed E-state index contributed by atoms with van der Waals surface area (Å²) in [5, 5.41) is 14.8. The van der Waals surface area contributed by atoms with Crippen molar-refractivity contribution in [1.82, 2.24) is 30.1 Å². The van der Waals surface area contributed by atoms with Crippen molar-refractivity contribution in [2.75, 3.05) is 44.0 Å². The molecule has 3 amide bonds. The van der Waals surface area contributed by atoms with Crippen LogP contribution in [-0.4, -0.2) is 76.2 Å². The number of ether oxygens (including phenoxy) is 2. The highest BCUT2D eigenvalue weighted by Gasteiger charge is 2.37. The van der Waals surface area contributed by atoms with Crippen LogP contribution in [0.25, 0.3) is 16.9 Å². The minimum Gasteiger partial charge on any atom is -0.480 e.